The predicted octanol–water partition coefficient (Wildman–Crippen LogP) is 0.852. The van der Waals surface area contributed by atoms with Gasteiger partial charge >= 0.3 is 0 Å². The smallest absolute Gasteiger partial charge is 0.0843 e. The second-order valence-electron chi connectivity index (χ2n) is 1.28. The summed E-state index contributed by atoms with van der Waals surface area (Å²) in [6, 6.07) is 1.91. The second kappa shape index (κ2) is 4.63. The largest absolute Gasteiger partial charge is 0.299 e. The van der Waals surface area contributed by atoms with Crippen molar-refractivity contribution in [1.29, 1.82) is 5.26 Å². The third kappa shape index (κ3) is 5.48. The van der Waals surface area contributed by atoms with E-state index in [0.717, 1.165) is 0 Å². The third-order valence-corrected chi connectivity index (χ3v) is 0.655. The Kier molecular flexibility index (Phi) is 4.33. The van der Waals surface area contributed by atoms with E-state index < -0.39 is 0 Å². The van der Waals surface area contributed by atoms with Crippen molar-refractivity contribution in [2.45, 2.75) is 0 Å². The van der Waals surface area contributed by atoms with Crippen molar-refractivity contribution in [3.05, 3.63) is 11.6 Å². The molecular formula is C5H7ClN2. The molecule has 8 heavy (non-hydrogen) atoms. The van der Waals surface area contributed by atoms with Gasteiger partial charge < -0.3 is 0 Å². The molecule has 0 saturated carbocycles. The fourth-order valence-corrected chi connectivity index (χ4v) is 0.349. The molecule has 0 aliphatic heterocycles. The van der Waals surface area contributed by atoms with Gasteiger partial charge in [-0.05, 0) is 0 Å². The molecule has 0 radical (unpaired) electrons. The third-order valence-electron chi connectivity index (χ3n) is 0.521. The molecule has 0 fully saturated rings. The van der Waals surface area contributed by atoms with E-state index >= 15 is 0 Å². The zero-order valence-electron chi connectivity index (χ0n) is 4.45. The summed E-state index contributed by atoms with van der Waals surface area (Å²) in [5, 5.41) is 11.3. The summed E-state index contributed by atoms with van der Waals surface area (Å²) in [6.45, 7) is 4.25. The van der Waals surface area contributed by atoms with Gasteiger partial charge in [-0.25, -0.2) is 0 Å². The Balaban J connectivity index is 2.97. The predicted molar refractivity (Wildman–Crippen MR) is 33.5 cm³/mol. The molecule has 1 N–H and O–H groups in total. The van der Waals surface area contributed by atoms with E-state index in [-0.39, 0.29) is 0 Å². The lowest BCUT2D eigenvalue weighted by molar-refractivity contribution is 0.843. The van der Waals surface area contributed by atoms with Crippen LogP contribution in [0.15, 0.2) is 11.6 Å². The van der Waals surface area contributed by atoms with Gasteiger partial charge in [-0.1, -0.05) is 18.2 Å². The van der Waals surface area contributed by atoms with Gasteiger partial charge in [0.1, 0.15) is 0 Å². The summed E-state index contributed by atoms with van der Waals surface area (Å²) in [6.07, 6.45) is 0. The lowest BCUT2D eigenvalue weighted by Gasteiger charge is -1.92. The van der Waals surface area contributed by atoms with E-state index in [4.69, 9.17) is 16.9 Å². The Morgan fingerprint density at radius 2 is 2.50 bits per heavy atom. The molecule has 0 amide bonds. The summed E-state index contributed by atoms with van der Waals surface area (Å²) in [5.41, 5.74) is 0. The average Bonchev–Trinajstić information content (AvgIpc) is 1.66. The van der Waals surface area contributed by atoms with Gasteiger partial charge in [-0.2, -0.15) is 5.26 Å². The molecular weight excluding hydrogens is 124 g/mol. The molecule has 0 atom stereocenters. The fraction of sp³-hybridized carbons (Fsp3) is 0.400. The summed E-state index contributed by atoms with van der Waals surface area (Å²) in [7, 11) is 0. The standard InChI is InChI=1S/C5H7ClN2/c1-5(6)4-8-3-2-7/h8H,1,3-4H2. The average molecular weight is 131 g/mol. The molecule has 0 heterocycles. The van der Waals surface area contributed by atoms with Crippen LogP contribution in [0.2, 0.25) is 0 Å². The van der Waals surface area contributed by atoms with Gasteiger partial charge in [0.15, 0.2) is 0 Å². The highest BCUT2D eigenvalue weighted by Crippen LogP contribution is 1.90. The molecule has 0 saturated heterocycles. The Morgan fingerprint density at radius 3 is 2.88 bits per heavy atom. The van der Waals surface area contributed by atoms with Crippen LogP contribution in [0.3, 0.4) is 0 Å². The molecule has 44 valence electrons. The van der Waals surface area contributed by atoms with Crippen LogP contribution in [0.4, 0.5) is 0 Å². The summed E-state index contributed by atoms with van der Waals surface area (Å²) in [5.74, 6) is 0. The zero-order valence-corrected chi connectivity index (χ0v) is 5.20. The Labute approximate surface area is 53.8 Å². The number of hydrogen-bond donors (Lipinski definition) is 1. The second-order valence-corrected chi connectivity index (χ2v) is 1.81. The van der Waals surface area contributed by atoms with E-state index in [1.165, 1.54) is 0 Å². The van der Waals surface area contributed by atoms with Crippen LogP contribution in [0, 0.1) is 11.3 Å². The minimum Gasteiger partial charge on any atom is -0.299 e. The fourth-order valence-electron chi connectivity index (χ4n) is 0.254. The van der Waals surface area contributed by atoms with Crippen molar-refractivity contribution >= 4 is 11.6 Å². The van der Waals surface area contributed by atoms with Crippen LogP contribution in [-0.4, -0.2) is 13.1 Å². The first-order valence-corrected chi connectivity index (χ1v) is 2.56. The number of halogens is 1. The molecule has 0 aliphatic carbocycles. The maximum atomic E-state index is 7.99. The van der Waals surface area contributed by atoms with E-state index in [1.807, 2.05) is 6.07 Å². The van der Waals surface area contributed by atoms with Crippen molar-refractivity contribution in [2.24, 2.45) is 0 Å². The van der Waals surface area contributed by atoms with Crippen LogP contribution in [0.1, 0.15) is 0 Å². The van der Waals surface area contributed by atoms with Crippen molar-refractivity contribution in [1.82, 2.24) is 5.32 Å². The lowest BCUT2D eigenvalue weighted by atomic mass is 10.6. The number of nitrogens with one attached hydrogen (secondary N) is 1. The number of hydrogen-bond acceptors (Lipinski definition) is 2. The maximum Gasteiger partial charge on any atom is 0.0843 e. The highest BCUT2D eigenvalue weighted by molar-refractivity contribution is 6.29. The SMILES string of the molecule is C=C(Cl)CNCC#N. The van der Waals surface area contributed by atoms with Crippen molar-refractivity contribution < 1.29 is 0 Å². The first kappa shape index (κ1) is 7.48. The molecule has 0 unspecified atom stereocenters. The van der Waals surface area contributed by atoms with Gasteiger partial charge in [0.05, 0.1) is 12.6 Å². The first-order valence-electron chi connectivity index (χ1n) is 2.18. The summed E-state index contributed by atoms with van der Waals surface area (Å²) >= 11 is 5.35. The molecule has 0 aliphatic rings. The zero-order chi connectivity index (χ0) is 6.41. The number of rotatable bonds is 3. The van der Waals surface area contributed by atoms with Gasteiger partial charge in [-0.15, -0.1) is 0 Å². The normalized spacial score (nSPS) is 8.00. The van der Waals surface area contributed by atoms with Crippen LogP contribution in [0.5, 0.6) is 0 Å². The minimum absolute atomic E-state index is 0.325. The van der Waals surface area contributed by atoms with Gasteiger partial charge in [0.2, 0.25) is 0 Å². The molecule has 2 nitrogen and oxygen atoms in total. The van der Waals surface area contributed by atoms with Crippen molar-refractivity contribution in [3.8, 4) is 6.07 Å². The molecule has 0 aromatic rings. The Bertz CT molecular complexity index is 114. The molecule has 0 bridgehead atoms. The monoisotopic (exact) mass is 130 g/mol. The maximum absolute atomic E-state index is 7.99. The summed E-state index contributed by atoms with van der Waals surface area (Å²) in [4.78, 5) is 0. The van der Waals surface area contributed by atoms with Gasteiger partial charge in [0, 0.05) is 11.6 Å². The molecule has 3 heteroatoms. The van der Waals surface area contributed by atoms with Crippen LogP contribution in [0.25, 0.3) is 0 Å². The van der Waals surface area contributed by atoms with Crippen LogP contribution >= 0.6 is 11.6 Å². The first-order chi connectivity index (χ1) is 3.77. The van der Waals surface area contributed by atoms with Crippen molar-refractivity contribution in [2.75, 3.05) is 13.1 Å². The number of nitriles is 1. The minimum atomic E-state index is 0.325. The van der Waals surface area contributed by atoms with E-state index in [1.54, 1.807) is 0 Å². The lowest BCUT2D eigenvalue weighted by Crippen LogP contribution is -2.14. The topological polar surface area (TPSA) is 35.8 Å². The molecule has 0 aromatic carbocycles. The van der Waals surface area contributed by atoms with Crippen molar-refractivity contribution in [3.63, 3.8) is 0 Å². The van der Waals surface area contributed by atoms with Gasteiger partial charge in [-0.3, -0.25) is 5.32 Å². The highest BCUT2D eigenvalue weighted by atomic mass is 35.5. The van der Waals surface area contributed by atoms with Gasteiger partial charge in [0.25, 0.3) is 0 Å². The molecule has 0 rings (SSSR count). The van der Waals surface area contributed by atoms with E-state index in [9.17, 15) is 0 Å². The van der Waals surface area contributed by atoms with E-state index in [0.29, 0.717) is 18.1 Å². The number of nitrogens with zero attached hydrogens (tertiary/aromatic N) is 1. The summed E-state index contributed by atoms with van der Waals surface area (Å²) < 4.78 is 0. The van der Waals surface area contributed by atoms with Crippen LogP contribution < -0.4 is 5.32 Å². The molecule has 0 aromatic heterocycles. The highest BCUT2D eigenvalue weighted by Gasteiger charge is 1.83. The quantitative estimate of drug-likeness (QED) is 0.454. The Morgan fingerprint density at radius 1 is 1.88 bits per heavy atom. The van der Waals surface area contributed by atoms with E-state index in [2.05, 4.69) is 11.9 Å². The Hall–Kier alpha value is -0.520. The van der Waals surface area contributed by atoms with Crippen LogP contribution in [-0.2, 0) is 0 Å². The molecule has 0 spiro atoms.